The summed E-state index contributed by atoms with van der Waals surface area (Å²) in [5.74, 6) is 0.0762. The maximum absolute atomic E-state index is 12.0. The molecule has 3 rings (SSSR count). The number of H-pyrrole nitrogens is 1. The predicted octanol–water partition coefficient (Wildman–Crippen LogP) is 2.72. The van der Waals surface area contributed by atoms with E-state index in [1.807, 2.05) is 55.0 Å². The molecule has 0 spiro atoms. The number of para-hydroxylation sites is 1. The number of fused-ring (bicyclic) bond motifs is 1. The number of hydrogen-bond donors (Lipinski definition) is 2. The number of benzene rings is 1. The molecule has 0 aliphatic carbocycles. The standard InChI is InChI=1S/C17H19N3O/c21-17(18-8-5-11-20-9-3-4-10-20)12-14-13-19-16-7-2-1-6-15(14)16/h1-4,6-7,9-10,13,19H,5,8,11-12H2,(H,18,21). The number of aromatic nitrogens is 2. The van der Waals surface area contributed by atoms with Gasteiger partial charge in [0, 0.05) is 42.6 Å². The molecule has 0 aliphatic rings. The van der Waals surface area contributed by atoms with Crippen LogP contribution in [0, 0.1) is 0 Å². The van der Waals surface area contributed by atoms with Gasteiger partial charge in [0.15, 0.2) is 0 Å². The topological polar surface area (TPSA) is 49.8 Å². The van der Waals surface area contributed by atoms with Crippen LogP contribution in [-0.2, 0) is 17.8 Å². The fourth-order valence-corrected chi connectivity index (χ4v) is 2.52. The molecule has 0 aliphatic heterocycles. The minimum Gasteiger partial charge on any atom is -0.361 e. The zero-order valence-electron chi connectivity index (χ0n) is 11.9. The van der Waals surface area contributed by atoms with E-state index in [0.29, 0.717) is 13.0 Å². The van der Waals surface area contributed by atoms with Crippen molar-refractivity contribution in [2.24, 2.45) is 0 Å². The third-order valence-corrected chi connectivity index (χ3v) is 3.61. The zero-order chi connectivity index (χ0) is 14.5. The summed E-state index contributed by atoms with van der Waals surface area (Å²) in [6.07, 6.45) is 7.35. The molecule has 2 N–H and O–H groups in total. The lowest BCUT2D eigenvalue weighted by atomic mass is 10.1. The van der Waals surface area contributed by atoms with Crippen molar-refractivity contribution in [1.82, 2.24) is 14.9 Å². The Kier molecular flexibility index (Phi) is 4.05. The third kappa shape index (κ3) is 3.34. The summed E-state index contributed by atoms with van der Waals surface area (Å²) in [5.41, 5.74) is 2.13. The van der Waals surface area contributed by atoms with Crippen molar-refractivity contribution in [3.05, 3.63) is 60.6 Å². The largest absolute Gasteiger partial charge is 0.361 e. The Morgan fingerprint density at radius 1 is 1.14 bits per heavy atom. The fraction of sp³-hybridized carbons (Fsp3) is 0.235. The molecule has 108 valence electrons. The molecule has 0 bridgehead atoms. The van der Waals surface area contributed by atoms with Crippen LogP contribution < -0.4 is 5.32 Å². The molecule has 21 heavy (non-hydrogen) atoms. The van der Waals surface area contributed by atoms with Gasteiger partial charge in [0.1, 0.15) is 0 Å². The van der Waals surface area contributed by atoms with Crippen molar-refractivity contribution in [2.45, 2.75) is 19.4 Å². The molecule has 2 aromatic heterocycles. The number of carbonyl (C=O) groups is 1. The zero-order valence-corrected chi connectivity index (χ0v) is 11.9. The Morgan fingerprint density at radius 2 is 1.95 bits per heavy atom. The highest BCUT2D eigenvalue weighted by atomic mass is 16.1. The van der Waals surface area contributed by atoms with E-state index in [1.54, 1.807) is 0 Å². The Labute approximate surface area is 123 Å². The number of hydrogen-bond acceptors (Lipinski definition) is 1. The molecule has 0 saturated carbocycles. The van der Waals surface area contributed by atoms with Crippen molar-refractivity contribution in [3.63, 3.8) is 0 Å². The number of nitrogens with one attached hydrogen (secondary N) is 2. The minimum absolute atomic E-state index is 0.0762. The molecule has 2 heterocycles. The van der Waals surface area contributed by atoms with Crippen LogP contribution in [0.3, 0.4) is 0 Å². The van der Waals surface area contributed by atoms with Gasteiger partial charge in [-0.15, -0.1) is 0 Å². The van der Waals surface area contributed by atoms with Crippen LogP contribution in [-0.4, -0.2) is 22.0 Å². The molecule has 1 aromatic carbocycles. The van der Waals surface area contributed by atoms with E-state index >= 15 is 0 Å². The van der Waals surface area contributed by atoms with Crippen LogP contribution in [0.15, 0.2) is 55.0 Å². The molecule has 3 aromatic rings. The first-order chi connectivity index (χ1) is 10.3. The van der Waals surface area contributed by atoms with Crippen LogP contribution in [0.4, 0.5) is 0 Å². The van der Waals surface area contributed by atoms with Gasteiger partial charge in [0.05, 0.1) is 6.42 Å². The van der Waals surface area contributed by atoms with E-state index in [0.717, 1.165) is 29.4 Å². The van der Waals surface area contributed by atoms with Gasteiger partial charge in [-0.1, -0.05) is 18.2 Å². The van der Waals surface area contributed by atoms with Crippen molar-refractivity contribution < 1.29 is 4.79 Å². The van der Waals surface area contributed by atoms with Gasteiger partial charge >= 0.3 is 0 Å². The highest BCUT2D eigenvalue weighted by Crippen LogP contribution is 2.17. The summed E-state index contributed by atoms with van der Waals surface area (Å²) in [6, 6.07) is 12.1. The first kappa shape index (κ1) is 13.5. The summed E-state index contributed by atoms with van der Waals surface area (Å²) in [6.45, 7) is 1.64. The van der Waals surface area contributed by atoms with E-state index in [1.165, 1.54) is 0 Å². The summed E-state index contributed by atoms with van der Waals surface area (Å²) in [5, 5.41) is 4.11. The second kappa shape index (κ2) is 6.31. The average Bonchev–Trinajstić information content (AvgIpc) is 3.14. The van der Waals surface area contributed by atoms with Gasteiger partial charge in [0.25, 0.3) is 0 Å². The second-order valence-corrected chi connectivity index (χ2v) is 5.16. The number of nitrogens with zero attached hydrogens (tertiary/aromatic N) is 1. The summed E-state index contributed by atoms with van der Waals surface area (Å²) >= 11 is 0. The maximum atomic E-state index is 12.0. The van der Waals surface area contributed by atoms with Gasteiger partial charge in [-0.3, -0.25) is 4.79 Å². The Hall–Kier alpha value is -2.49. The SMILES string of the molecule is O=C(Cc1c[nH]c2ccccc12)NCCCn1cccc1. The average molecular weight is 281 g/mol. The Bertz CT molecular complexity index is 713. The van der Waals surface area contributed by atoms with Crippen molar-refractivity contribution in [3.8, 4) is 0 Å². The highest BCUT2D eigenvalue weighted by Gasteiger charge is 2.07. The lowest BCUT2D eigenvalue weighted by Crippen LogP contribution is -2.26. The number of carbonyl (C=O) groups excluding carboxylic acids is 1. The monoisotopic (exact) mass is 281 g/mol. The number of aryl methyl sites for hydroxylation is 1. The Balaban J connectivity index is 1.48. The molecule has 0 atom stereocenters. The predicted molar refractivity (Wildman–Crippen MR) is 84.1 cm³/mol. The number of aromatic amines is 1. The van der Waals surface area contributed by atoms with Crippen molar-refractivity contribution in [2.75, 3.05) is 6.54 Å². The molecule has 0 saturated heterocycles. The second-order valence-electron chi connectivity index (χ2n) is 5.16. The summed E-state index contributed by atoms with van der Waals surface area (Å²) in [4.78, 5) is 15.2. The quantitative estimate of drug-likeness (QED) is 0.671. The van der Waals surface area contributed by atoms with Crippen LogP contribution >= 0.6 is 0 Å². The van der Waals surface area contributed by atoms with E-state index in [9.17, 15) is 4.79 Å². The van der Waals surface area contributed by atoms with Gasteiger partial charge in [0.2, 0.25) is 5.91 Å². The third-order valence-electron chi connectivity index (χ3n) is 3.61. The molecule has 4 heteroatoms. The van der Waals surface area contributed by atoms with E-state index in [2.05, 4.69) is 14.9 Å². The molecule has 0 fully saturated rings. The van der Waals surface area contributed by atoms with Gasteiger partial charge in [-0.2, -0.15) is 0 Å². The highest BCUT2D eigenvalue weighted by molar-refractivity contribution is 5.88. The lowest BCUT2D eigenvalue weighted by molar-refractivity contribution is -0.120. The van der Waals surface area contributed by atoms with Crippen molar-refractivity contribution >= 4 is 16.8 Å². The van der Waals surface area contributed by atoms with E-state index in [-0.39, 0.29) is 5.91 Å². The van der Waals surface area contributed by atoms with Gasteiger partial charge in [-0.25, -0.2) is 0 Å². The first-order valence-electron chi connectivity index (χ1n) is 7.25. The van der Waals surface area contributed by atoms with E-state index in [4.69, 9.17) is 0 Å². The normalized spacial score (nSPS) is 10.9. The van der Waals surface area contributed by atoms with Crippen LogP contribution in [0.2, 0.25) is 0 Å². The Morgan fingerprint density at radius 3 is 2.81 bits per heavy atom. The fourth-order valence-electron chi connectivity index (χ4n) is 2.52. The maximum Gasteiger partial charge on any atom is 0.224 e. The van der Waals surface area contributed by atoms with Crippen molar-refractivity contribution in [1.29, 1.82) is 0 Å². The summed E-state index contributed by atoms with van der Waals surface area (Å²) < 4.78 is 2.12. The molecular formula is C17H19N3O. The number of rotatable bonds is 6. The van der Waals surface area contributed by atoms with E-state index < -0.39 is 0 Å². The first-order valence-corrected chi connectivity index (χ1v) is 7.25. The minimum atomic E-state index is 0.0762. The van der Waals surface area contributed by atoms with Crippen LogP contribution in [0.5, 0.6) is 0 Å². The van der Waals surface area contributed by atoms with Crippen LogP contribution in [0.25, 0.3) is 10.9 Å². The van der Waals surface area contributed by atoms with Gasteiger partial charge in [-0.05, 0) is 30.2 Å². The van der Waals surface area contributed by atoms with Crippen LogP contribution in [0.1, 0.15) is 12.0 Å². The molecule has 4 nitrogen and oxygen atoms in total. The smallest absolute Gasteiger partial charge is 0.224 e. The lowest BCUT2D eigenvalue weighted by Gasteiger charge is -2.05. The van der Waals surface area contributed by atoms with Gasteiger partial charge < -0.3 is 14.9 Å². The molecule has 0 radical (unpaired) electrons. The molecule has 1 amide bonds. The summed E-state index contributed by atoms with van der Waals surface area (Å²) in [7, 11) is 0. The molecule has 0 unspecified atom stereocenters. The molecular weight excluding hydrogens is 262 g/mol. The number of amides is 1.